The van der Waals surface area contributed by atoms with Gasteiger partial charge >= 0.3 is 0 Å². The van der Waals surface area contributed by atoms with Gasteiger partial charge in [0.05, 0.1) is 0 Å². The number of nitrogens with zero attached hydrogens (tertiary/aromatic N) is 1. The molecule has 0 unspecified atom stereocenters. The number of carbonyl (C=O) groups is 2. The second kappa shape index (κ2) is 6.20. The zero-order valence-corrected chi connectivity index (χ0v) is 13.9. The van der Waals surface area contributed by atoms with Crippen LogP contribution in [0.25, 0.3) is 5.70 Å². The molecule has 126 valence electrons. The average Bonchev–Trinajstić information content (AvgIpc) is 3.36. The van der Waals surface area contributed by atoms with Crippen molar-refractivity contribution in [3.8, 4) is 0 Å². The summed E-state index contributed by atoms with van der Waals surface area (Å²) in [4.78, 5) is 26.3. The zero-order chi connectivity index (χ0) is 17.4. The first-order valence-corrected chi connectivity index (χ1v) is 8.59. The second-order valence-corrected chi connectivity index (χ2v) is 6.63. The molecule has 2 amide bonds. The van der Waals surface area contributed by atoms with E-state index >= 15 is 0 Å². The fourth-order valence-electron chi connectivity index (χ4n) is 3.49. The van der Waals surface area contributed by atoms with Crippen molar-refractivity contribution in [2.45, 2.75) is 24.8 Å². The van der Waals surface area contributed by atoms with Crippen molar-refractivity contribution >= 4 is 17.5 Å². The van der Waals surface area contributed by atoms with Gasteiger partial charge in [0.2, 0.25) is 5.91 Å². The molecule has 2 aliphatic rings. The number of rotatable bonds is 5. The van der Waals surface area contributed by atoms with Crippen LogP contribution in [0.1, 0.15) is 40.2 Å². The molecule has 0 saturated heterocycles. The minimum absolute atomic E-state index is 0.0139. The SMILES string of the molecule is C=C1c2ccccc2C(=O)N1CCC(=O)N[C@@H]1C[C@@H]1c1ccccc1. The molecule has 2 aromatic carbocycles. The number of hydrogen-bond acceptors (Lipinski definition) is 2. The predicted octanol–water partition coefficient (Wildman–Crippen LogP) is 3.18. The van der Waals surface area contributed by atoms with Crippen molar-refractivity contribution in [2.75, 3.05) is 6.54 Å². The molecular weight excluding hydrogens is 312 g/mol. The third kappa shape index (κ3) is 2.95. The largest absolute Gasteiger partial charge is 0.353 e. The van der Waals surface area contributed by atoms with E-state index in [-0.39, 0.29) is 24.3 Å². The summed E-state index contributed by atoms with van der Waals surface area (Å²) in [5, 5.41) is 3.07. The van der Waals surface area contributed by atoms with Crippen LogP contribution in [0.4, 0.5) is 0 Å². The van der Waals surface area contributed by atoms with E-state index in [0.29, 0.717) is 23.7 Å². The van der Waals surface area contributed by atoms with Gasteiger partial charge in [-0.2, -0.15) is 0 Å². The third-order valence-corrected chi connectivity index (χ3v) is 4.97. The molecule has 2 atom stereocenters. The van der Waals surface area contributed by atoms with Crippen LogP contribution in [-0.2, 0) is 4.79 Å². The van der Waals surface area contributed by atoms with Crippen molar-refractivity contribution in [3.63, 3.8) is 0 Å². The van der Waals surface area contributed by atoms with Crippen LogP contribution in [0.3, 0.4) is 0 Å². The van der Waals surface area contributed by atoms with Crippen molar-refractivity contribution < 1.29 is 9.59 Å². The molecule has 0 spiro atoms. The fraction of sp³-hybridized carbons (Fsp3) is 0.238. The summed E-state index contributed by atoms with van der Waals surface area (Å²) in [6.07, 6.45) is 1.27. The van der Waals surface area contributed by atoms with Gasteiger partial charge in [-0.25, -0.2) is 0 Å². The van der Waals surface area contributed by atoms with E-state index in [0.717, 1.165) is 12.0 Å². The summed E-state index contributed by atoms with van der Waals surface area (Å²) < 4.78 is 0. The average molecular weight is 332 g/mol. The Labute approximate surface area is 147 Å². The van der Waals surface area contributed by atoms with Crippen molar-refractivity contribution in [1.29, 1.82) is 0 Å². The zero-order valence-electron chi connectivity index (χ0n) is 13.9. The van der Waals surface area contributed by atoms with Crippen LogP contribution in [0.2, 0.25) is 0 Å². The van der Waals surface area contributed by atoms with E-state index in [1.807, 2.05) is 36.4 Å². The Hall–Kier alpha value is -2.88. The maximum atomic E-state index is 12.4. The Morgan fingerprint density at radius 1 is 1.08 bits per heavy atom. The number of benzene rings is 2. The summed E-state index contributed by atoms with van der Waals surface area (Å²) >= 11 is 0. The molecule has 0 bridgehead atoms. The van der Waals surface area contributed by atoms with E-state index < -0.39 is 0 Å². The molecule has 1 heterocycles. The standard InChI is InChI=1S/C21H20N2O2/c1-14-16-9-5-6-10-17(16)21(25)23(14)12-11-20(24)22-19-13-18(19)15-7-3-2-4-8-15/h2-10,18-19H,1,11-13H2,(H,22,24)/t18-,19-/m1/s1. The van der Waals surface area contributed by atoms with Crippen molar-refractivity contribution in [2.24, 2.45) is 0 Å². The summed E-state index contributed by atoms with van der Waals surface area (Å²) in [6.45, 7) is 4.37. The number of carbonyl (C=O) groups excluding carboxylic acids is 2. The van der Waals surface area contributed by atoms with Gasteiger partial charge in [0.1, 0.15) is 0 Å². The molecule has 1 saturated carbocycles. The Balaban J connectivity index is 1.30. The normalized spacial score (nSPS) is 21.2. The Kier molecular flexibility index (Phi) is 3.88. The van der Waals surface area contributed by atoms with Crippen LogP contribution >= 0.6 is 0 Å². The lowest BCUT2D eigenvalue weighted by Crippen LogP contribution is -2.32. The van der Waals surface area contributed by atoms with Gasteiger partial charge in [0.15, 0.2) is 0 Å². The molecule has 2 aromatic rings. The Morgan fingerprint density at radius 2 is 1.76 bits per heavy atom. The van der Waals surface area contributed by atoms with Crippen molar-refractivity contribution in [3.05, 3.63) is 77.9 Å². The lowest BCUT2D eigenvalue weighted by Gasteiger charge is -2.17. The maximum Gasteiger partial charge on any atom is 0.258 e. The predicted molar refractivity (Wildman–Crippen MR) is 96.9 cm³/mol. The molecule has 0 radical (unpaired) electrons. The summed E-state index contributed by atoms with van der Waals surface area (Å²) in [5.74, 6) is 0.333. The first-order valence-electron chi connectivity index (χ1n) is 8.59. The molecule has 4 nitrogen and oxygen atoms in total. The fourth-order valence-corrected chi connectivity index (χ4v) is 3.49. The van der Waals surface area contributed by atoms with Gasteiger partial charge in [0.25, 0.3) is 5.91 Å². The van der Waals surface area contributed by atoms with Gasteiger partial charge in [-0.3, -0.25) is 9.59 Å². The van der Waals surface area contributed by atoms with Crippen LogP contribution < -0.4 is 5.32 Å². The number of amides is 2. The first kappa shape index (κ1) is 15.6. The van der Waals surface area contributed by atoms with Crippen LogP contribution in [0.15, 0.2) is 61.2 Å². The molecule has 1 fully saturated rings. The van der Waals surface area contributed by atoms with E-state index in [1.165, 1.54) is 5.56 Å². The van der Waals surface area contributed by atoms with E-state index in [9.17, 15) is 9.59 Å². The lowest BCUT2D eigenvalue weighted by molar-refractivity contribution is -0.121. The molecule has 1 N–H and O–H groups in total. The molecule has 4 rings (SSSR count). The molecule has 4 heteroatoms. The molecule has 1 aliphatic carbocycles. The van der Waals surface area contributed by atoms with Gasteiger partial charge < -0.3 is 10.2 Å². The summed E-state index contributed by atoms with van der Waals surface area (Å²) in [6, 6.07) is 17.9. The Bertz CT molecular complexity index is 809. The van der Waals surface area contributed by atoms with Crippen LogP contribution in [0, 0.1) is 0 Å². The molecule has 1 aliphatic heterocycles. The quantitative estimate of drug-likeness (QED) is 0.914. The molecular formula is C21H20N2O2. The highest BCUT2D eigenvalue weighted by Crippen LogP contribution is 2.40. The highest BCUT2D eigenvalue weighted by atomic mass is 16.2. The molecule has 0 aromatic heterocycles. The summed E-state index contributed by atoms with van der Waals surface area (Å²) in [7, 11) is 0. The van der Waals surface area contributed by atoms with E-state index in [4.69, 9.17) is 0 Å². The third-order valence-electron chi connectivity index (χ3n) is 4.97. The summed E-state index contributed by atoms with van der Waals surface area (Å²) in [5.41, 5.74) is 3.48. The van der Waals surface area contributed by atoms with Crippen LogP contribution in [0.5, 0.6) is 0 Å². The van der Waals surface area contributed by atoms with Gasteiger partial charge in [-0.1, -0.05) is 55.1 Å². The highest BCUT2D eigenvalue weighted by molar-refractivity contribution is 6.08. The van der Waals surface area contributed by atoms with Crippen LogP contribution in [-0.4, -0.2) is 29.3 Å². The molecule has 25 heavy (non-hydrogen) atoms. The van der Waals surface area contributed by atoms with E-state index in [2.05, 4.69) is 24.0 Å². The van der Waals surface area contributed by atoms with E-state index in [1.54, 1.807) is 11.0 Å². The van der Waals surface area contributed by atoms with Crippen molar-refractivity contribution in [1.82, 2.24) is 10.2 Å². The topological polar surface area (TPSA) is 49.4 Å². The number of fused-ring (bicyclic) bond motifs is 1. The lowest BCUT2D eigenvalue weighted by atomic mass is 10.1. The second-order valence-electron chi connectivity index (χ2n) is 6.63. The number of nitrogens with one attached hydrogen (secondary N) is 1. The highest BCUT2D eigenvalue weighted by Gasteiger charge is 2.39. The smallest absolute Gasteiger partial charge is 0.258 e. The first-order chi connectivity index (χ1) is 12.1. The monoisotopic (exact) mass is 332 g/mol. The van der Waals surface area contributed by atoms with Gasteiger partial charge in [-0.05, 0) is 18.1 Å². The van der Waals surface area contributed by atoms with Gasteiger partial charge in [0, 0.05) is 41.7 Å². The number of hydrogen-bond donors (Lipinski definition) is 1. The minimum atomic E-state index is -0.0676. The van der Waals surface area contributed by atoms with Gasteiger partial charge in [-0.15, -0.1) is 0 Å². The minimum Gasteiger partial charge on any atom is -0.353 e. The maximum absolute atomic E-state index is 12.4. The Morgan fingerprint density at radius 3 is 2.48 bits per heavy atom.